The molecule has 0 amide bonds. The number of carbonyl (C=O) groups is 1. The molecule has 1 aliphatic carbocycles. The number of aliphatic hydroxyl groups excluding tert-OH is 1. The Kier molecular flexibility index (Phi) is 6.63. The molecule has 0 aromatic rings. The number of aliphatic hydroxyl groups is 1. The minimum Gasteiger partial charge on any atom is -0.407 e. The maximum Gasteiger partial charge on any atom is 0.193 e. The van der Waals surface area contributed by atoms with Crippen LogP contribution in [0.1, 0.15) is 59.8 Å². The van der Waals surface area contributed by atoms with Crippen LogP contribution in [-0.2, 0) is 9.22 Å². The summed E-state index contributed by atoms with van der Waals surface area (Å²) in [4.78, 5) is 12.7. The van der Waals surface area contributed by atoms with Crippen molar-refractivity contribution in [2.24, 2.45) is 11.8 Å². The predicted octanol–water partition coefficient (Wildman–Crippen LogP) is 4.15. The van der Waals surface area contributed by atoms with Crippen LogP contribution >= 0.6 is 0 Å². The Morgan fingerprint density at radius 1 is 1.24 bits per heavy atom. The van der Waals surface area contributed by atoms with E-state index in [2.05, 4.69) is 33.9 Å². The van der Waals surface area contributed by atoms with E-state index < -0.39 is 8.32 Å². The summed E-state index contributed by atoms with van der Waals surface area (Å²) in [5.41, 5.74) is 0. The van der Waals surface area contributed by atoms with E-state index in [0.717, 1.165) is 12.8 Å². The monoisotopic (exact) mass is 314 g/mol. The molecule has 1 fully saturated rings. The van der Waals surface area contributed by atoms with Gasteiger partial charge in [-0.2, -0.15) is 0 Å². The topological polar surface area (TPSA) is 46.5 Å². The highest BCUT2D eigenvalue weighted by atomic mass is 28.4. The van der Waals surface area contributed by atoms with Crippen molar-refractivity contribution in [3.05, 3.63) is 0 Å². The van der Waals surface area contributed by atoms with Crippen LogP contribution in [0.25, 0.3) is 0 Å². The van der Waals surface area contributed by atoms with E-state index in [4.69, 9.17) is 4.43 Å². The van der Waals surface area contributed by atoms with E-state index in [1.807, 2.05) is 6.92 Å². The van der Waals surface area contributed by atoms with Crippen LogP contribution in [0.5, 0.6) is 0 Å². The second kappa shape index (κ2) is 7.38. The number of hydrogen-bond donors (Lipinski definition) is 1. The van der Waals surface area contributed by atoms with Crippen LogP contribution < -0.4 is 0 Å². The number of rotatable bonds is 6. The van der Waals surface area contributed by atoms with Gasteiger partial charge in [0, 0.05) is 5.92 Å². The highest BCUT2D eigenvalue weighted by Gasteiger charge is 2.43. The molecular weight excluding hydrogens is 280 g/mol. The molecule has 0 heterocycles. The maximum absolute atomic E-state index is 12.7. The summed E-state index contributed by atoms with van der Waals surface area (Å²) in [5, 5.41) is 9.45. The molecule has 0 aliphatic heterocycles. The van der Waals surface area contributed by atoms with Gasteiger partial charge in [-0.05, 0) is 36.9 Å². The minimum absolute atomic E-state index is 0.0804. The van der Waals surface area contributed by atoms with Crippen molar-refractivity contribution in [3.8, 4) is 0 Å². The molecule has 0 unspecified atom stereocenters. The Morgan fingerprint density at radius 2 is 1.76 bits per heavy atom. The predicted molar refractivity (Wildman–Crippen MR) is 89.9 cm³/mol. The Hall–Kier alpha value is -0.193. The fourth-order valence-electron chi connectivity index (χ4n) is 2.69. The van der Waals surface area contributed by atoms with E-state index in [-0.39, 0.29) is 29.5 Å². The van der Waals surface area contributed by atoms with Crippen molar-refractivity contribution >= 4 is 14.1 Å². The molecule has 2 atom stereocenters. The Labute approximate surface area is 131 Å². The van der Waals surface area contributed by atoms with E-state index in [9.17, 15) is 9.90 Å². The second-order valence-corrected chi connectivity index (χ2v) is 12.9. The third-order valence-corrected chi connectivity index (χ3v) is 9.80. The van der Waals surface area contributed by atoms with Gasteiger partial charge in [0.15, 0.2) is 14.1 Å². The van der Waals surface area contributed by atoms with Crippen molar-refractivity contribution in [1.29, 1.82) is 0 Å². The first-order valence-corrected chi connectivity index (χ1v) is 11.3. The van der Waals surface area contributed by atoms with Crippen LogP contribution in [0.3, 0.4) is 0 Å². The molecule has 21 heavy (non-hydrogen) atoms. The molecule has 3 nitrogen and oxygen atoms in total. The van der Waals surface area contributed by atoms with E-state index >= 15 is 0 Å². The molecule has 1 saturated carbocycles. The number of hydrogen-bond acceptors (Lipinski definition) is 3. The number of Topliss-reactive ketones (excluding diaryl/α,β-unsaturated/α-hetero) is 1. The van der Waals surface area contributed by atoms with Gasteiger partial charge in [-0.3, -0.25) is 4.79 Å². The normalized spacial score (nSPS) is 21.1. The highest BCUT2D eigenvalue weighted by Crippen LogP contribution is 2.40. The lowest BCUT2D eigenvalue weighted by Crippen LogP contribution is -2.50. The van der Waals surface area contributed by atoms with Crippen molar-refractivity contribution in [1.82, 2.24) is 0 Å². The summed E-state index contributed by atoms with van der Waals surface area (Å²) in [6, 6.07) is 0. The van der Waals surface area contributed by atoms with E-state index in [0.29, 0.717) is 5.92 Å². The van der Waals surface area contributed by atoms with Crippen LogP contribution in [-0.4, -0.2) is 31.9 Å². The third-order valence-electron chi connectivity index (χ3n) is 5.35. The van der Waals surface area contributed by atoms with Gasteiger partial charge in [0.05, 0.1) is 6.61 Å². The minimum atomic E-state index is -1.98. The van der Waals surface area contributed by atoms with Crippen LogP contribution in [0.4, 0.5) is 0 Å². The summed E-state index contributed by atoms with van der Waals surface area (Å²) < 4.78 is 6.50. The lowest BCUT2D eigenvalue weighted by atomic mass is 9.82. The van der Waals surface area contributed by atoms with Crippen molar-refractivity contribution in [2.75, 3.05) is 6.61 Å². The number of ketones is 1. The second-order valence-electron chi connectivity index (χ2n) is 8.18. The Balaban J connectivity index is 2.93. The summed E-state index contributed by atoms with van der Waals surface area (Å²) in [6.07, 6.45) is 5.53. The lowest BCUT2D eigenvalue weighted by Gasteiger charge is -2.42. The summed E-state index contributed by atoms with van der Waals surface area (Å²) in [6.45, 7) is 12.8. The average molecular weight is 315 g/mol. The first-order valence-electron chi connectivity index (χ1n) is 8.42. The van der Waals surface area contributed by atoms with Crippen LogP contribution in [0, 0.1) is 11.8 Å². The molecule has 4 heteroatoms. The summed E-state index contributed by atoms with van der Waals surface area (Å²) >= 11 is 0. The summed E-state index contributed by atoms with van der Waals surface area (Å²) in [7, 11) is -1.98. The quantitative estimate of drug-likeness (QED) is 0.749. The van der Waals surface area contributed by atoms with Gasteiger partial charge in [0.25, 0.3) is 0 Å². The van der Waals surface area contributed by atoms with E-state index in [1.54, 1.807) is 0 Å². The molecule has 124 valence electrons. The van der Waals surface area contributed by atoms with Gasteiger partial charge < -0.3 is 9.53 Å². The molecule has 1 aliphatic rings. The smallest absolute Gasteiger partial charge is 0.193 e. The maximum atomic E-state index is 12.7. The molecule has 0 aromatic heterocycles. The standard InChI is InChI=1S/C17H34O3Si/c1-13(12-18)15(19)16(14-10-8-7-9-11-14)20-21(5,6)17(2,3)4/h13-14,16,18H,7-12H2,1-6H3/t13-,16+/m1/s1. The molecule has 0 bridgehead atoms. The molecule has 1 N–H and O–H groups in total. The van der Waals surface area contributed by atoms with Gasteiger partial charge in [0.2, 0.25) is 0 Å². The zero-order chi connectivity index (χ0) is 16.3. The molecular formula is C17H34O3Si. The Morgan fingerprint density at radius 3 is 2.19 bits per heavy atom. The summed E-state index contributed by atoms with van der Waals surface area (Å²) in [5.74, 6) is 0.130. The fourth-order valence-corrected chi connectivity index (χ4v) is 3.99. The first-order chi connectivity index (χ1) is 9.60. The van der Waals surface area contributed by atoms with Crippen LogP contribution in [0.15, 0.2) is 0 Å². The Bertz CT molecular complexity index is 340. The van der Waals surface area contributed by atoms with Crippen LogP contribution in [0.2, 0.25) is 18.1 Å². The van der Waals surface area contributed by atoms with Gasteiger partial charge in [-0.1, -0.05) is 47.0 Å². The highest BCUT2D eigenvalue weighted by molar-refractivity contribution is 6.74. The molecule has 0 aromatic carbocycles. The van der Waals surface area contributed by atoms with Gasteiger partial charge >= 0.3 is 0 Å². The molecule has 0 spiro atoms. The van der Waals surface area contributed by atoms with Gasteiger partial charge in [0.1, 0.15) is 6.10 Å². The van der Waals surface area contributed by atoms with Gasteiger partial charge in [-0.25, -0.2) is 0 Å². The molecule has 0 saturated heterocycles. The van der Waals surface area contributed by atoms with Crippen molar-refractivity contribution in [3.63, 3.8) is 0 Å². The average Bonchev–Trinajstić information content (AvgIpc) is 2.43. The first kappa shape index (κ1) is 18.9. The zero-order valence-corrected chi connectivity index (χ0v) is 15.7. The third kappa shape index (κ3) is 4.90. The fraction of sp³-hybridized carbons (Fsp3) is 0.941. The van der Waals surface area contributed by atoms with Crippen molar-refractivity contribution in [2.45, 2.75) is 84.0 Å². The number of carbonyl (C=O) groups excluding carboxylic acids is 1. The van der Waals surface area contributed by atoms with Crippen molar-refractivity contribution < 1.29 is 14.3 Å². The molecule has 1 rings (SSSR count). The lowest BCUT2D eigenvalue weighted by molar-refractivity contribution is -0.134. The van der Waals surface area contributed by atoms with Gasteiger partial charge in [-0.15, -0.1) is 0 Å². The largest absolute Gasteiger partial charge is 0.407 e. The van der Waals surface area contributed by atoms with E-state index in [1.165, 1.54) is 19.3 Å². The zero-order valence-electron chi connectivity index (χ0n) is 14.7. The SMILES string of the molecule is C[C@H](CO)C(=O)[C@@H](O[Si](C)(C)C(C)(C)C)C1CCCCC1. The molecule has 0 radical (unpaired) electrons.